The largest absolute Gasteiger partial charge is 0.368 e. The van der Waals surface area contributed by atoms with Crippen LogP contribution in [0.5, 0.6) is 0 Å². The summed E-state index contributed by atoms with van der Waals surface area (Å²) in [6.45, 7) is 4.77. The van der Waals surface area contributed by atoms with Gasteiger partial charge in [0, 0.05) is 23.6 Å². The molecule has 1 aliphatic rings. The zero-order valence-corrected chi connectivity index (χ0v) is 16.4. The SMILES string of the molecule is CC(C)C(NC(=O)Cc1cn(CC2CCCCC2)c2ccccc12)C(N)=O. The average molecular weight is 370 g/mol. The summed E-state index contributed by atoms with van der Waals surface area (Å²) in [5.74, 6) is 0.0432. The summed E-state index contributed by atoms with van der Waals surface area (Å²) in [6, 6.07) is 7.62. The summed E-state index contributed by atoms with van der Waals surface area (Å²) in [5, 5.41) is 3.91. The van der Waals surface area contributed by atoms with E-state index in [9.17, 15) is 9.59 Å². The second-order valence-electron chi connectivity index (χ2n) is 8.20. The van der Waals surface area contributed by atoms with E-state index >= 15 is 0 Å². The molecule has 1 aromatic heterocycles. The lowest BCUT2D eigenvalue weighted by atomic mass is 9.89. The summed E-state index contributed by atoms with van der Waals surface area (Å²) in [6.07, 6.45) is 8.95. The molecule has 146 valence electrons. The Balaban J connectivity index is 1.78. The predicted molar refractivity (Wildman–Crippen MR) is 108 cm³/mol. The van der Waals surface area contributed by atoms with Gasteiger partial charge in [-0.2, -0.15) is 0 Å². The number of nitrogens with one attached hydrogen (secondary N) is 1. The molecule has 1 unspecified atom stereocenters. The summed E-state index contributed by atoms with van der Waals surface area (Å²) < 4.78 is 2.31. The van der Waals surface area contributed by atoms with Crippen molar-refractivity contribution in [2.24, 2.45) is 17.6 Å². The number of benzene rings is 1. The van der Waals surface area contributed by atoms with Gasteiger partial charge in [-0.15, -0.1) is 0 Å². The molecule has 0 aliphatic heterocycles. The highest BCUT2D eigenvalue weighted by Crippen LogP contribution is 2.28. The van der Waals surface area contributed by atoms with Crippen LogP contribution < -0.4 is 11.1 Å². The molecule has 3 rings (SSSR count). The topological polar surface area (TPSA) is 77.1 Å². The van der Waals surface area contributed by atoms with Crippen molar-refractivity contribution >= 4 is 22.7 Å². The average Bonchev–Trinajstić information content (AvgIpc) is 2.98. The first kappa shape index (κ1) is 19.5. The fraction of sp³-hybridized carbons (Fsp3) is 0.545. The van der Waals surface area contributed by atoms with Crippen LogP contribution in [0.3, 0.4) is 0 Å². The standard InChI is InChI=1S/C22H31N3O2/c1-15(2)21(22(23)27)24-20(26)12-17-14-25(13-16-8-4-3-5-9-16)19-11-7-6-10-18(17)19/h6-7,10-11,14-16,21H,3-5,8-9,12-13H2,1-2H3,(H2,23,27)(H,24,26). The van der Waals surface area contributed by atoms with Gasteiger partial charge < -0.3 is 15.6 Å². The zero-order valence-electron chi connectivity index (χ0n) is 16.4. The van der Waals surface area contributed by atoms with Crippen molar-refractivity contribution in [1.29, 1.82) is 0 Å². The number of hydrogen-bond acceptors (Lipinski definition) is 2. The van der Waals surface area contributed by atoms with Crippen LogP contribution in [0.15, 0.2) is 30.5 Å². The Morgan fingerprint density at radius 3 is 2.56 bits per heavy atom. The van der Waals surface area contributed by atoms with Crippen LogP contribution >= 0.6 is 0 Å². The molecule has 1 aliphatic carbocycles. The Bertz CT molecular complexity index is 803. The number of fused-ring (bicyclic) bond motifs is 1. The number of nitrogens with zero attached hydrogens (tertiary/aromatic N) is 1. The summed E-state index contributed by atoms with van der Waals surface area (Å²) >= 11 is 0. The Morgan fingerprint density at radius 2 is 1.89 bits per heavy atom. The van der Waals surface area contributed by atoms with E-state index < -0.39 is 11.9 Å². The number of primary amides is 1. The highest BCUT2D eigenvalue weighted by Gasteiger charge is 2.23. The molecule has 2 amide bonds. The quantitative estimate of drug-likeness (QED) is 0.785. The first-order chi connectivity index (χ1) is 13.0. The fourth-order valence-electron chi connectivity index (χ4n) is 4.23. The first-order valence-corrected chi connectivity index (χ1v) is 10.1. The molecule has 2 aromatic rings. The second kappa shape index (κ2) is 8.59. The smallest absolute Gasteiger partial charge is 0.240 e. The van der Waals surface area contributed by atoms with Crippen LogP contribution in [0.4, 0.5) is 0 Å². The van der Waals surface area contributed by atoms with Gasteiger partial charge in [-0.3, -0.25) is 9.59 Å². The molecule has 3 N–H and O–H groups in total. The van der Waals surface area contributed by atoms with Crippen molar-refractivity contribution in [2.75, 3.05) is 0 Å². The third-order valence-electron chi connectivity index (χ3n) is 5.69. The number of carbonyl (C=O) groups excluding carboxylic acids is 2. The lowest BCUT2D eigenvalue weighted by Crippen LogP contribution is -2.48. The van der Waals surface area contributed by atoms with Crippen molar-refractivity contribution in [3.63, 3.8) is 0 Å². The minimum Gasteiger partial charge on any atom is -0.368 e. The fourth-order valence-corrected chi connectivity index (χ4v) is 4.23. The summed E-state index contributed by atoms with van der Waals surface area (Å²) in [5.41, 5.74) is 7.61. The third kappa shape index (κ3) is 4.71. The molecule has 0 radical (unpaired) electrons. The molecule has 1 heterocycles. The van der Waals surface area contributed by atoms with E-state index in [0.29, 0.717) is 0 Å². The molecule has 5 nitrogen and oxygen atoms in total. The van der Waals surface area contributed by atoms with Gasteiger partial charge >= 0.3 is 0 Å². The maximum Gasteiger partial charge on any atom is 0.240 e. The Labute approximate surface area is 161 Å². The zero-order chi connectivity index (χ0) is 19.4. The summed E-state index contributed by atoms with van der Waals surface area (Å²) in [7, 11) is 0. The molecule has 5 heteroatoms. The van der Waals surface area contributed by atoms with Crippen LogP contribution in [0, 0.1) is 11.8 Å². The Morgan fingerprint density at radius 1 is 1.19 bits per heavy atom. The van der Waals surface area contributed by atoms with E-state index in [0.717, 1.165) is 23.4 Å². The number of amides is 2. The molecule has 1 saturated carbocycles. The number of hydrogen-bond donors (Lipinski definition) is 2. The predicted octanol–water partition coefficient (Wildman–Crippen LogP) is 3.39. The van der Waals surface area contributed by atoms with E-state index in [1.165, 1.54) is 37.6 Å². The second-order valence-corrected chi connectivity index (χ2v) is 8.20. The number of nitrogens with two attached hydrogens (primary N) is 1. The minimum atomic E-state index is -0.631. The van der Waals surface area contributed by atoms with Crippen LogP contribution in [-0.2, 0) is 22.6 Å². The third-order valence-corrected chi connectivity index (χ3v) is 5.69. The summed E-state index contributed by atoms with van der Waals surface area (Å²) in [4.78, 5) is 24.1. The monoisotopic (exact) mass is 369 g/mol. The van der Waals surface area contributed by atoms with E-state index in [1.807, 2.05) is 26.0 Å². The van der Waals surface area contributed by atoms with Crippen LogP contribution in [0.2, 0.25) is 0 Å². The number of aromatic nitrogens is 1. The van der Waals surface area contributed by atoms with Crippen LogP contribution in [0.25, 0.3) is 10.9 Å². The molecular formula is C22H31N3O2. The normalized spacial score (nSPS) is 16.6. The number of rotatable bonds is 7. The van der Waals surface area contributed by atoms with Gasteiger partial charge in [0.1, 0.15) is 6.04 Å². The van der Waals surface area contributed by atoms with Crippen LogP contribution in [0.1, 0.15) is 51.5 Å². The number of carbonyl (C=O) groups is 2. The number of para-hydroxylation sites is 1. The molecule has 1 aromatic carbocycles. The Kier molecular flexibility index (Phi) is 6.19. The highest BCUT2D eigenvalue weighted by atomic mass is 16.2. The maximum atomic E-state index is 12.5. The van der Waals surface area contributed by atoms with Crippen molar-refractivity contribution in [3.05, 3.63) is 36.0 Å². The van der Waals surface area contributed by atoms with Gasteiger partial charge in [0.15, 0.2) is 0 Å². The van der Waals surface area contributed by atoms with Crippen LogP contribution in [-0.4, -0.2) is 22.4 Å². The van der Waals surface area contributed by atoms with Gasteiger partial charge in [0.2, 0.25) is 11.8 Å². The first-order valence-electron chi connectivity index (χ1n) is 10.1. The molecule has 27 heavy (non-hydrogen) atoms. The van der Waals surface area contributed by atoms with Gasteiger partial charge in [-0.25, -0.2) is 0 Å². The van der Waals surface area contributed by atoms with Gasteiger partial charge in [-0.05, 0) is 36.3 Å². The highest BCUT2D eigenvalue weighted by molar-refractivity contribution is 5.91. The maximum absolute atomic E-state index is 12.5. The Hall–Kier alpha value is -2.30. The van der Waals surface area contributed by atoms with Gasteiger partial charge in [0.05, 0.1) is 6.42 Å². The van der Waals surface area contributed by atoms with E-state index in [2.05, 4.69) is 28.2 Å². The molecule has 1 atom stereocenters. The van der Waals surface area contributed by atoms with Gasteiger partial charge in [0.25, 0.3) is 0 Å². The molecular weight excluding hydrogens is 338 g/mol. The van der Waals surface area contributed by atoms with Crippen molar-refractivity contribution < 1.29 is 9.59 Å². The van der Waals surface area contributed by atoms with Crippen molar-refractivity contribution in [3.8, 4) is 0 Å². The molecule has 0 bridgehead atoms. The van der Waals surface area contributed by atoms with E-state index in [1.54, 1.807) is 0 Å². The minimum absolute atomic E-state index is 0.0286. The lowest BCUT2D eigenvalue weighted by molar-refractivity contribution is -0.127. The lowest BCUT2D eigenvalue weighted by Gasteiger charge is -2.22. The van der Waals surface area contributed by atoms with Crippen molar-refractivity contribution in [2.45, 2.75) is 65.0 Å². The molecule has 1 fully saturated rings. The van der Waals surface area contributed by atoms with E-state index in [4.69, 9.17) is 5.73 Å². The van der Waals surface area contributed by atoms with Gasteiger partial charge in [-0.1, -0.05) is 51.3 Å². The molecule has 0 spiro atoms. The van der Waals surface area contributed by atoms with Crippen molar-refractivity contribution in [1.82, 2.24) is 9.88 Å². The molecule has 0 saturated heterocycles. The van der Waals surface area contributed by atoms with E-state index in [-0.39, 0.29) is 18.2 Å².